The van der Waals surface area contributed by atoms with Gasteiger partial charge in [-0.05, 0) is 98.8 Å². The zero-order valence-corrected chi connectivity index (χ0v) is 24.5. The number of ether oxygens (including phenoxy) is 6. The summed E-state index contributed by atoms with van der Waals surface area (Å²) in [5, 5.41) is 10.0. The first-order chi connectivity index (χ1) is 18.6. The van der Waals surface area contributed by atoms with Gasteiger partial charge in [-0.3, -0.25) is 0 Å². The van der Waals surface area contributed by atoms with Crippen LogP contribution in [0.2, 0.25) is 0 Å². The Bertz CT molecular complexity index is 1020. The van der Waals surface area contributed by atoms with Crippen molar-refractivity contribution >= 4 is 0 Å². The third kappa shape index (κ3) is 5.06. The second-order valence-electron chi connectivity index (χ2n) is 13.6. The Kier molecular flexibility index (Phi) is 7.34. The quantitative estimate of drug-likeness (QED) is 0.453. The minimum absolute atomic E-state index is 0.0167. The fourth-order valence-electron chi connectivity index (χ4n) is 8.36. The molecule has 5 aliphatic rings. The molecule has 2 saturated heterocycles. The van der Waals surface area contributed by atoms with Crippen LogP contribution in [0.1, 0.15) is 96.6 Å². The van der Waals surface area contributed by atoms with Gasteiger partial charge in [0.2, 0.25) is 0 Å². The molecule has 1 aromatic rings. The first kappa shape index (κ1) is 27.9. The Labute approximate surface area is 233 Å². The SMILES string of the molecule is CCC1(OC(C)C)OCC2(CO1)COC(CC)(OC1CC3C4CCc5cc(O)ccc5C4CCC3(C)C1)OC2. The van der Waals surface area contributed by atoms with Crippen molar-refractivity contribution in [3.8, 4) is 5.75 Å². The molecule has 6 rings (SSSR count). The van der Waals surface area contributed by atoms with Crippen molar-refractivity contribution in [3.05, 3.63) is 29.3 Å². The van der Waals surface area contributed by atoms with E-state index in [4.69, 9.17) is 28.4 Å². The molecule has 2 aliphatic heterocycles. The number of rotatable bonds is 6. The van der Waals surface area contributed by atoms with Gasteiger partial charge in [-0.15, -0.1) is 0 Å². The second-order valence-corrected chi connectivity index (χ2v) is 13.6. The molecule has 1 N–H and O–H groups in total. The first-order valence-electron chi connectivity index (χ1n) is 15.3. The Balaban J connectivity index is 1.09. The van der Waals surface area contributed by atoms with Gasteiger partial charge in [0, 0.05) is 12.8 Å². The Hall–Kier alpha value is -1.22. The molecular weight excluding hydrogens is 496 g/mol. The monoisotopic (exact) mass is 544 g/mol. The van der Waals surface area contributed by atoms with Crippen LogP contribution in [0.15, 0.2) is 18.2 Å². The summed E-state index contributed by atoms with van der Waals surface area (Å²) in [7, 11) is 0. The van der Waals surface area contributed by atoms with E-state index in [-0.39, 0.29) is 23.0 Å². The van der Waals surface area contributed by atoms with E-state index >= 15 is 0 Å². The molecule has 0 amide bonds. The van der Waals surface area contributed by atoms with Gasteiger partial charge in [-0.25, -0.2) is 0 Å². The van der Waals surface area contributed by atoms with Gasteiger partial charge in [0.1, 0.15) is 5.75 Å². The molecule has 1 aromatic carbocycles. The fraction of sp³-hybridized carbons (Fsp3) is 0.812. The van der Waals surface area contributed by atoms with Crippen molar-refractivity contribution in [2.24, 2.45) is 22.7 Å². The van der Waals surface area contributed by atoms with Crippen LogP contribution in [-0.4, -0.2) is 55.7 Å². The summed E-state index contributed by atoms with van der Waals surface area (Å²) in [5.74, 6) is 0.296. The zero-order valence-electron chi connectivity index (χ0n) is 24.5. The highest BCUT2D eigenvalue weighted by Crippen LogP contribution is 2.62. The summed E-state index contributed by atoms with van der Waals surface area (Å²) in [5.41, 5.74) is 2.74. The van der Waals surface area contributed by atoms with E-state index in [0.717, 1.165) is 19.3 Å². The number of phenols is 1. The topological polar surface area (TPSA) is 75.6 Å². The molecule has 0 bridgehead atoms. The number of hydrogen-bond acceptors (Lipinski definition) is 7. The Morgan fingerprint density at radius 3 is 2.28 bits per heavy atom. The van der Waals surface area contributed by atoms with Crippen molar-refractivity contribution in [3.63, 3.8) is 0 Å². The number of fused-ring (bicyclic) bond motifs is 5. The molecule has 0 radical (unpaired) electrons. The van der Waals surface area contributed by atoms with Crippen molar-refractivity contribution < 1.29 is 33.5 Å². The largest absolute Gasteiger partial charge is 0.508 e. The maximum atomic E-state index is 10.0. The van der Waals surface area contributed by atoms with E-state index in [0.29, 0.717) is 62.8 Å². The molecule has 2 saturated carbocycles. The van der Waals surface area contributed by atoms with E-state index in [1.54, 1.807) is 0 Å². The van der Waals surface area contributed by atoms with Crippen molar-refractivity contribution in [2.75, 3.05) is 26.4 Å². The van der Waals surface area contributed by atoms with E-state index < -0.39 is 11.9 Å². The third-order valence-electron chi connectivity index (χ3n) is 10.5. The van der Waals surface area contributed by atoms with Crippen LogP contribution in [0.3, 0.4) is 0 Å². The van der Waals surface area contributed by atoms with Gasteiger partial charge in [0.15, 0.2) is 0 Å². The van der Waals surface area contributed by atoms with E-state index in [1.807, 2.05) is 32.9 Å². The molecule has 1 spiro atoms. The molecule has 5 atom stereocenters. The van der Waals surface area contributed by atoms with E-state index in [1.165, 1.54) is 30.4 Å². The van der Waals surface area contributed by atoms with E-state index in [2.05, 4.69) is 19.9 Å². The molecule has 3 aliphatic carbocycles. The molecule has 0 aromatic heterocycles. The van der Waals surface area contributed by atoms with Gasteiger partial charge in [0.05, 0.1) is 44.1 Å². The minimum atomic E-state index is -1.01. The molecule has 2 heterocycles. The van der Waals surface area contributed by atoms with Gasteiger partial charge in [0.25, 0.3) is 11.9 Å². The normalized spacial score (nSPS) is 43.7. The summed E-state index contributed by atoms with van der Waals surface area (Å²) in [6, 6.07) is 6.03. The van der Waals surface area contributed by atoms with Crippen LogP contribution in [0.4, 0.5) is 0 Å². The lowest BCUT2D eigenvalue weighted by molar-refractivity contribution is -0.472. The lowest BCUT2D eigenvalue weighted by Crippen LogP contribution is -2.60. The van der Waals surface area contributed by atoms with Crippen LogP contribution in [0, 0.1) is 22.7 Å². The predicted molar refractivity (Wildman–Crippen MR) is 146 cm³/mol. The first-order valence-corrected chi connectivity index (χ1v) is 15.3. The molecule has 5 unspecified atom stereocenters. The number of phenolic OH excluding ortho intramolecular Hbond substituents is 1. The number of aromatic hydroxyl groups is 1. The highest BCUT2D eigenvalue weighted by molar-refractivity contribution is 5.40. The summed E-state index contributed by atoms with van der Waals surface area (Å²) in [4.78, 5) is 0. The van der Waals surface area contributed by atoms with Crippen molar-refractivity contribution in [1.82, 2.24) is 0 Å². The maximum absolute atomic E-state index is 10.0. The lowest BCUT2D eigenvalue weighted by Gasteiger charge is -2.50. The van der Waals surface area contributed by atoms with Crippen LogP contribution in [0.5, 0.6) is 5.75 Å². The maximum Gasteiger partial charge on any atom is 0.282 e. The van der Waals surface area contributed by atoms with Gasteiger partial charge in [-0.1, -0.05) is 26.8 Å². The van der Waals surface area contributed by atoms with Gasteiger partial charge < -0.3 is 33.5 Å². The van der Waals surface area contributed by atoms with Crippen LogP contribution < -0.4 is 0 Å². The summed E-state index contributed by atoms with van der Waals surface area (Å²) in [6.07, 6.45) is 8.21. The van der Waals surface area contributed by atoms with E-state index in [9.17, 15) is 5.11 Å². The molecule has 7 heteroatoms. The lowest BCUT2D eigenvalue weighted by atomic mass is 9.56. The standard InChI is InChI=1S/C32H48O7/c1-6-31(38-21(3)4)34-17-30(18-35-31)19-36-32(7-2,37-20-30)39-24-15-28-27-10-8-22-14-23(33)9-11-25(22)26(27)12-13-29(28,5)16-24/h9,11,14,21,24,26-28,33H,6-8,10,12-13,15-20H2,1-5H3. The number of hydrogen-bond donors (Lipinski definition) is 1. The average Bonchev–Trinajstić information content (AvgIpc) is 3.27. The second kappa shape index (κ2) is 10.2. The fourth-order valence-corrected chi connectivity index (χ4v) is 8.36. The molecule has 7 nitrogen and oxygen atoms in total. The van der Waals surface area contributed by atoms with Gasteiger partial charge >= 0.3 is 0 Å². The Morgan fingerprint density at radius 1 is 0.974 bits per heavy atom. The number of benzene rings is 1. The molecule has 4 fully saturated rings. The summed E-state index contributed by atoms with van der Waals surface area (Å²) in [6.45, 7) is 12.5. The molecular formula is C32H48O7. The third-order valence-corrected chi connectivity index (χ3v) is 10.5. The zero-order chi connectivity index (χ0) is 27.5. The minimum Gasteiger partial charge on any atom is -0.508 e. The number of aryl methyl sites for hydroxylation is 1. The summed E-state index contributed by atoms with van der Waals surface area (Å²) < 4.78 is 37.9. The summed E-state index contributed by atoms with van der Waals surface area (Å²) >= 11 is 0. The van der Waals surface area contributed by atoms with Crippen LogP contribution in [-0.2, 0) is 34.8 Å². The smallest absolute Gasteiger partial charge is 0.282 e. The van der Waals surface area contributed by atoms with Crippen molar-refractivity contribution in [2.45, 2.75) is 116 Å². The molecule has 218 valence electrons. The van der Waals surface area contributed by atoms with Crippen LogP contribution in [0.25, 0.3) is 0 Å². The van der Waals surface area contributed by atoms with Gasteiger partial charge in [-0.2, -0.15) is 0 Å². The predicted octanol–water partition coefficient (Wildman–Crippen LogP) is 6.27. The Morgan fingerprint density at radius 2 is 1.64 bits per heavy atom. The highest BCUT2D eigenvalue weighted by atomic mass is 16.9. The van der Waals surface area contributed by atoms with Crippen LogP contribution >= 0.6 is 0 Å². The highest BCUT2D eigenvalue weighted by Gasteiger charge is 2.56. The average molecular weight is 545 g/mol. The molecule has 39 heavy (non-hydrogen) atoms. The van der Waals surface area contributed by atoms with Crippen molar-refractivity contribution in [1.29, 1.82) is 0 Å².